The highest BCUT2D eigenvalue weighted by Gasteiger charge is 2.44. The number of hydrogen-bond donors (Lipinski definition) is 5. The predicted octanol–water partition coefficient (Wildman–Crippen LogP) is 0.239. The zero-order valence-electron chi connectivity index (χ0n) is 17.4. The van der Waals surface area contributed by atoms with Crippen LogP contribution in [0, 0.1) is 0 Å². The second-order valence-corrected chi connectivity index (χ2v) is 6.44. The van der Waals surface area contributed by atoms with Gasteiger partial charge in [0.2, 0.25) is 0 Å². The molecule has 0 bridgehead atoms. The first kappa shape index (κ1) is 27.3. The molecule has 6 N–H and O–H groups in total. The van der Waals surface area contributed by atoms with Crippen LogP contribution in [0.25, 0.3) is 0 Å². The summed E-state index contributed by atoms with van der Waals surface area (Å²) in [5.41, 5.74) is 4.54. The Morgan fingerprint density at radius 1 is 1.00 bits per heavy atom. The van der Waals surface area contributed by atoms with Crippen molar-refractivity contribution in [3.63, 3.8) is 0 Å². The molecule has 1 saturated heterocycles. The van der Waals surface area contributed by atoms with Gasteiger partial charge in [0.25, 0.3) is 0 Å². The minimum atomic E-state index is -1.43. The van der Waals surface area contributed by atoms with Crippen LogP contribution in [0.15, 0.2) is 0 Å². The van der Waals surface area contributed by atoms with Crippen molar-refractivity contribution in [1.82, 2.24) is 5.32 Å². The molecule has 1 fully saturated rings. The summed E-state index contributed by atoms with van der Waals surface area (Å²) in [6.07, 6.45) is -2.07. The highest BCUT2D eigenvalue weighted by Crippen LogP contribution is 2.21. The number of hydrogen-bond acceptors (Lipinski definition) is 9. The number of nitrogens with two attached hydrogens (primary N) is 1. The van der Waals surface area contributed by atoms with E-state index in [0.29, 0.717) is 13.2 Å². The molecular formula is C18H36N2O9. The van der Waals surface area contributed by atoms with E-state index in [1.54, 1.807) is 6.92 Å². The van der Waals surface area contributed by atoms with E-state index in [-0.39, 0.29) is 6.61 Å². The standard InChI is InChI=1S/C15H29NO7.C3H7NO2/c1-3-4-5-6-7-8-16-15(20)22-9-10-11(17)12(18)13(19)14(21-2)23-10;1-2-6-3(4)5/h10-14,17-19H,3-9H2,1-2H3,(H,16,20);2H2,1H3,(H2,4,5)/t10-,11-,12+,13-,14+;/m1./s1. The summed E-state index contributed by atoms with van der Waals surface area (Å²) in [4.78, 5) is 21.2. The van der Waals surface area contributed by atoms with Crippen LogP contribution in [0.2, 0.25) is 0 Å². The fourth-order valence-corrected chi connectivity index (χ4v) is 2.52. The molecule has 0 spiro atoms. The van der Waals surface area contributed by atoms with Gasteiger partial charge in [-0.3, -0.25) is 0 Å². The highest BCUT2D eigenvalue weighted by atomic mass is 16.7. The molecule has 0 unspecified atom stereocenters. The molecule has 1 aliphatic heterocycles. The normalized spacial score (nSPS) is 26.1. The lowest BCUT2D eigenvalue weighted by atomic mass is 9.99. The second kappa shape index (κ2) is 16.2. The third-order valence-electron chi connectivity index (χ3n) is 4.12. The summed E-state index contributed by atoms with van der Waals surface area (Å²) >= 11 is 0. The Balaban J connectivity index is 0.00000113. The molecule has 0 radical (unpaired) electrons. The number of alkyl carbamates (subject to hydrolysis) is 1. The van der Waals surface area contributed by atoms with Crippen molar-refractivity contribution in [2.75, 3.05) is 26.9 Å². The summed E-state index contributed by atoms with van der Waals surface area (Å²) < 4.78 is 19.3. The Morgan fingerprint density at radius 2 is 1.66 bits per heavy atom. The number of carbonyl (C=O) groups excluding carboxylic acids is 2. The van der Waals surface area contributed by atoms with Crippen LogP contribution < -0.4 is 11.1 Å². The topological polar surface area (TPSA) is 170 Å². The molecule has 0 aliphatic carbocycles. The van der Waals surface area contributed by atoms with Gasteiger partial charge in [-0.1, -0.05) is 32.6 Å². The summed E-state index contributed by atoms with van der Waals surface area (Å²) in [5, 5.41) is 31.8. The average molecular weight is 424 g/mol. The van der Waals surface area contributed by atoms with Crippen molar-refractivity contribution >= 4 is 12.2 Å². The maximum atomic E-state index is 11.6. The zero-order chi connectivity index (χ0) is 22.2. The summed E-state index contributed by atoms with van der Waals surface area (Å²) in [6, 6.07) is 0. The van der Waals surface area contributed by atoms with Gasteiger partial charge >= 0.3 is 12.2 Å². The van der Waals surface area contributed by atoms with Gasteiger partial charge in [-0.05, 0) is 13.3 Å². The van der Waals surface area contributed by atoms with Gasteiger partial charge in [-0.25, -0.2) is 9.59 Å². The molecule has 1 heterocycles. The quantitative estimate of drug-likeness (QED) is 0.308. The van der Waals surface area contributed by atoms with Gasteiger partial charge in [0.15, 0.2) is 6.29 Å². The number of nitrogens with one attached hydrogen (secondary N) is 1. The van der Waals surface area contributed by atoms with Gasteiger partial charge in [0, 0.05) is 13.7 Å². The Kier molecular flexibility index (Phi) is 15.2. The first-order chi connectivity index (χ1) is 13.8. The fourth-order valence-electron chi connectivity index (χ4n) is 2.52. The Bertz CT molecular complexity index is 451. The van der Waals surface area contributed by atoms with E-state index in [4.69, 9.17) is 14.2 Å². The lowest BCUT2D eigenvalue weighted by Crippen LogP contribution is -2.59. The maximum absolute atomic E-state index is 11.6. The van der Waals surface area contributed by atoms with Crippen molar-refractivity contribution in [3.8, 4) is 0 Å². The third-order valence-corrected chi connectivity index (χ3v) is 4.12. The van der Waals surface area contributed by atoms with Crippen LogP contribution in [0.3, 0.4) is 0 Å². The number of ether oxygens (including phenoxy) is 4. The second-order valence-electron chi connectivity index (χ2n) is 6.44. The third kappa shape index (κ3) is 11.8. The van der Waals surface area contributed by atoms with E-state index in [0.717, 1.165) is 19.3 Å². The summed E-state index contributed by atoms with van der Waals surface area (Å²) in [6.45, 7) is 4.48. The molecule has 1 aliphatic rings. The number of methoxy groups -OCH3 is 1. The zero-order valence-corrected chi connectivity index (χ0v) is 17.4. The van der Waals surface area contributed by atoms with E-state index in [1.165, 1.54) is 20.0 Å². The van der Waals surface area contributed by atoms with E-state index in [1.807, 2.05) is 0 Å². The van der Waals surface area contributed by atoms with E-state index >= 15 is 0 Å². The number of primary amides is 1. The van der Waals surface area contributed by atoms with E-state index < -0.39 is 42.9 Å². The lowest BCUT2D eigenvalue weighted by Gasteiger charge is -2.39. The first-order valence-corrected chi connectivity index (χ1v) is 9.83. The van der Waals surface area contributed by atoms with Gasteiger partial charge < -0.3 is 45.3 Å². The molecule has 1 rings (SSSR count). The number of unbranched alkanes of at least 4 members (excludes halogenated alkanes) is 4. The lowest BCUT2D eigenvalue weighted by molar-refractivity contribution is -0.294. The highest BCUT2D eigenvalue weighted by molar-refractivity contribution is 5.67. The predicted molar refractivity (Wildman–Crippen MR) is 103 cm³/mol. The molecule has 172 valence electrons. The smallest absolute Gasteiger partial charge is 0.407 e. The van der Waals surface area contributed by atoms with Crippen molar-refractivity contribution in [3.05, 3.63) is 0 Å². The van der Waals surface area contributed by atoms with Gasteiger partial charge in [0.05, 0.1) is 6.61 Å². The molecule has 29 heavy (non-hydrogen) atoms. The Morgan fingerprint density at radius 3 is 2.17 bits per heavy atom. The van der Waals surface area contributed by atoms with Crippen molar-refractivity contribution < 1.29 is 43.9 Å². The molecule has 0 saturated carbocycles. The molecule has 0 aromatic carbocycles. The van der Waals surface area contributed by atoms with Crippen LogP contribution >= 0.6 is 0 Å². The molecule has 11 heteroatoms. The van der Waals surface area contributed by atoms with E-state index in [2.05, 4.69) is 22.7 Å². The van der Waals surface area contributed by atoms with Crippen LogP contribution in [0.5, 0.6) is 0 Å². The monoisotopic (exact) mass is 424 g/mol. The largest absolute Gasteiger partial charge is 0.450 e. The number of aliphatic hydroxyl groups excluding tert-OH is 3. The molecule has 11 nitrogen and oxygen atoms in total. The maximum Gasteiger partial charge on any atom is 0.407 e. The SMILES string of the molecule is CCCCCCCNC(=O)OC[C@H]1O[C@H](OC)[C@H](O)[C@@H](O)[C@@H]1O.CCOC(N)=O. The molecule has 0 aromatic heterocycles. The van der Waals surface area contributed by atoms with Crippen molar-refractivity contribution in [2.24, 2.45) is 5.73 Å². The molecule has 2 amide bonds. The first-order valence-electron chi connectivity index (χ1n) is 9.83. The molecule has 5 atom stereocenters. The Labute approximate surface area is 171 Å². The van der Waals surface area contributed by atoms with Crippen molar-refractivity contribution in [2.45, 2.75) is 76.7 Å². The van der Waals surface area contributed by atoms with Gasteiger partial charge in [0.1, 0.15) is 31.0 Å². The number of aliphatic hydroxyl groups is 3. The fraction of sp³-hybridized carbons (Fsp3) is 0.889. The van der Waals surface area contributed by atoms with Gasteiger partial charge in [-0.15, -0.1) is 0 Å². The van der Waals surface area contributed by atoms with Crippen LogP contribution in [-0.4, -0.2) is 85.1 Å². The van der Waals surface area contributed by atoms with Gasteiger partial charge in [-0.2, -0.15) is 0 Å². The minimum Gasteiger partial charge on any atom is -0.450 e. The van der Waals surface area contributed by atoms with Crippen LogP contribution in [0.1, 0.15) is 46.0 Å². The molecular weight excluding hydrogens is 388 g/mol. The average Bonchev–Trinajstić information content (AvgIpc) is 2.68. The Hall–Kier alpha value is -1.66. The summed E-state index contributed by atoms with van der Waals surface area (Å²) in [5.74, 6) is 0. The molecule has 0 aromatic rings. The summed E-state index contributed by atoms with van der Waals surface area (Å²) in [7, 11) is 1.31. The van der Waals surface area contributed by atoms with Crippen molar-refractivity contribution in [1.29, 1.82) is 0 Å². The number of carbonyl (C=O) groups is 2. The van der Waals surface area contributed by atoms with E-state index in [9.17, 15) is 24.9 Å². The van der Waals surface area contributed by atoms with Crippen LogP contribution in [-0.2, 0) is 18.9 Å². The number of rotatable bonds is 10. The minimum absolute atomic E-state index is 0.244. The number of amides is 2. The van der Waals surface area contributed by atoms with Crippen LogP contribution in [0.4, 0.5) is 9.59 Å².